The molecule has 8 heteroatoms. The summed E-state index contributed by atoms with van der Waals surface area (Å²) in [7, 11) is 2.50. The monoisotopic (exact) mass is 352 g/mol. The second-order valence-corrected chi connectivity index (χ2v) is 6.41. The highest BCUT2D eigenvalue weighted by atomic mass is 32.2. The highest BCUT2D eigenvalue weighted by molar-refractivity contribution is 7.99. The van der Waals surface area contributed by atoms with Crippen LogP contribution in [0.3, 0.4) is 0 Å². The van der Waals surface area contributed by atoms with Gasteiger partial charge in [-0.25, -0.2) is 9.59 Å². The van der Waals surface area contributed by atoms with Gasteiger partial charge in [0.2, 0.25) is 5.91 Å². The van der Waals surface area contributed by atoms with Crippen molar-refractivity contribution < 1.29 is 23.9 Å². The fourth-order valence-electron chi connectivity index (χ4n) is 2.36. The molecule has 2 rings (SSSR count). The van der Waals surface area contributed by atoms with Gasteiger partial charge in [0.25, 0.3) is 0 Å². The molecule has 1 amide bonds. The van der Waals surface area contributed by atoms with Gasteiger partial charge in [-0.3, -0.25) is 4.79 Å². The van der Waals surface area contributed by atoms with Crippen molar-refractivity contribution in [2.75, 3.05) is 37.6 Å². The first-order chi connectivity index (χ1) is 11.5. The number of benzene rings is 1. The van der Waals surface area contributed by atoms with E-state index in [1.165, 1.54) is 32.4 Å². The zero-order valence-electron chi connectivity index (χ0n) is 13.6. The van der Waals surface area contributed by atoms with Crippen LogP contribution in [0.1, 0.15) is 27.1 Å². The van der Waals surface area contributed by atoms with Gasteiger partial charge in [0.05, 0.1) is 25.3 Å². The maximum atomic E-state index is 12.2. The minimum Gasteiger partial charge on any atom is -0.465 e. The number of nitrogens with one attached hydrogen (secondary N) is 2. The molecule has 1 aliphatic rings. The fraction of sp³-hybridized carbons (Fsp3) is 0.438. The summed E-state index contributed by atoms with van der Waals surface area (Å²) in [6, 6.07) is 4.43. The molecule has 0 aromatic heterocycles. The average molecular weight is 352 g/mol. The smallest absolute Gasteiger partial charge is 0.337 e. The van der Waals surface area contributed by atoms with E-state index in [-0.39, 0.29) is 23.1 Å². The van der Waals surface area contributed by atoms with Crippen LogP contribution in [0.5, 0.6) is 0 Å². The van der Waals surface area contributed by atoms with Crippen molar-refractivity contribution >= 4 is 35.3 Å². The van der Waals surface area contributed by atoms with E-state index in [1.807, 2.05) is 0 Å². The lowest BCUT2D eigenvalue weighted by atomic mass is 10.1. The Hall–Kier alpha value is -2.06. The zero-order valence-corrected chi connectivity index (χ0v) is 14.4. The normalized spacial score (nSPS) is 17.0. The molecule has 2 N–H and O–H groups in total. The standard InChI is InChI=1S/C16H20N2O5S/c1-22-15(20)10-5-11(16(21)23-2)7-12(6-10)18-14(19)8-13-9-24-4-3-17-13/h5-7,13,17H,3-4,8-9H2,1-2H3,(H,18,19). The molecule has 1 heterocycles. The number of carbonyl (C=O) groups is 3. The molecule has 130 valence electrons. The van der Waals surface area contributed by atoms with Gasteiger partial charge in [-0.15, -0.1) is 0 Å². The Bertz CT molecular complexity index is 595. The number of esters is 2. The van der Waals surface area contributed by atoms with Crippen LogP contribution in [0.25, 0.3) is 0 Å². The summed E-state index contributed by atoms with van der Waals surface area (Å²) in [6.07, 6.45) is 0.322. The van der Waals surface area contributed by atoms with E-state index < -0.39 is 11.9 Å². The molecule has 1 atom stereocenters. The molecule has 0 aliphatic carbocycles. The van der Waals surface area contributed by atoms with Gasteiger partial charge in [0, 0.05) is 36.2 Å². The quantitative estimate of drug-likeness (QED) is 0.771. The third-order valence-electron chi connectivity index (χ3n) is 3.49. The van der Waals surface area contributed by atoms with Crippen LogP contribution in [-0.4, -0.2) is 56.2 Å². The Morgan fingerprint density at radius 1 is 1.17 bits per heavy atom. The summed E-state index contributed by atoms with van der Waals surface area (Å²) in [4.78, 5) is 35.7. The number of hydrogen-bond acceptors (Lipinski definition) is 7. The summed E-state index contributed by atoms with van der Waals surface area (Å²) in [5.41, 5.74) is 0.691. The van der Waals surface area contributed by atoms with E-state index >= 15 is 0 Å². The number of amides is 1. The fourth-order valence-corrected chi connectivity index (χ4v) is 3.31. The number of rotatable bonds is 5. The number of methoxy groups -OCH3 is 2. The minimum absolute atomic E-state index is 0.118. The van der Waals surface area contributed by atoms with Gasteiger partial charge in [0.15, 0.2) is 0 Å². The first-order valence-corrected chi connectivity index (χ1v) is 8.61. The zero-order chi connectivity index (χ0) is 17.5. The summed E-state index contributed by atoms with van der Waals surface area (Å²) in [6.45, 7) is 0.882. The molecule has 7 nitrogen and oxygen atoms in total. The number of hydrogen-bond donors (Lipinski definition) is 2. The molecule has 1 saturated heterocycles. The highest BCUT2D eigenvalue weighted by Gasteiger charge is 2.18. The third kappa shape index (κ3) is 4.97. The lowest BCUT2D eigenvalue weighted by Gasteiger charge is -2.22. The molecular weight excluding hydrogens is 332 g/mol. The second kappa shape index (κ2) is 8.70. The van der Waals surface area contributed by atoms with E-state index in [0.29, 0.717) is 12.1 Å². The molecule has 1 aliphatic heterocycles. The number of thioether (sulfide) groups is 1. The first-order valence-electron chi connectivity index (χ1n) is 7.46. The van der Waals surface area contributed by atoms with Gasteiger partial charge in [-0.05, 0) is 18.2 Å². The van der Waals surface area contributed by atoms with Crippen LogP contribution < -0.4 is 10.6 Å². The van der Waals surface area contributed by atoms with Crippen molar-refractivity contribution in [2.45, 2.75) is 12.5 Å². The van der Waals surface area contributed by atoms with E-state index in [4.69, 9.17) is 0 Å². The van der Waals surface area contributed by atoms with Gasteiger partial charge < -0.3 is 20.1 Å². The predicted octanol–water partition coefficient (Wildman–Crippen LogP) is 1.29. The van der Waals surface area contributed by atoms with Crippen molar-refractivity contribution in [3.63, 3.8) is 0 Å². The molecular formula is C16H20N2O5S. The number of anilines is 1. The maximum Gasteiger partial charge on any atom is 0.337 e. The Morgan fingerprint density at radius 3 is 2.29 bits per heavy atom. The summed E-state index contributed by atoms with van der Waals surface area (Å²) >= 11 is 1.81. The molecule has 24 heavy (non-hydrogen) atoms. The van der Waals surface area contributed by atoms with Crippen molar-refractivity contribution in [3.05, 3.63) is 29.3 Å². The van der Waals surface area contributed by atoms with Crippen LogP contribution >= 0.6 is 11.8 Å². The van der Waals surface area contributed by atoms with E-state index in [0.717, 1.165) is 18.1 Å². The molecule has 0 saturated carbocycles. The largest absolute Gasteiger partial charge is 0.465 e. The van der Waals surface area contributed by atoms with Crippen molar-refractivity contribution in [2.24, 2.45) is 0 Å². The van der Waals surface area contributed by atoms with E-state index in [1.54, 1.807) is 11.8 Å². The van der Waals surface area contributed by atoms with E-state index in [9.17, 15) is 14.4 Å². The van der Waals surface area contributed by atoms with Crippen LogP contribution in [0.15, 0.2) is 18.2 Å². The van der Waals surface area contributed by atoms with Crippen LogP contribution in [-0.2, 0) is 14.3 Å². The lowest BCUT2D eigenvalue weighted by Crippen LogP contribution is -2.39. The van der Waals surface area contributed by atoms with Crippen molar-refractivity contribution in [1.29, 1.82) is 0 Å². The van der Waals surface area contributed by atoms with E-state index in [2.05, 4.69) is 20.1 Å². The highest BCUT2D eigenvalue weighted by Crippen LogP contribution is 2.18. The molecule has 0 spiro atoms. The summed E-state index contributed by atoms with van der Waals surface area (Å²) < 4.78 is 9.34. The van der Waals surface area contributed by atoms with Crippen LogP contribution in [0.4, 0.5) is 5.69 Å². The lowest BCUT2D eigenvalue weighted by molar-refractivity contribution is -0.116. The number of carbonyl (C=O) groups excluding carboxylic acids is 3. The van der Waals surface area contributed by atoms with Gasteiger partial charge in [-0.2, -0.15) is 11.8 Å². The number of ether oxygens (including phenoxy) is 2. The summed E-state index contributed by atoms with van der Waals surface area (Å²) in [5, 5.41) is 6.01. The SMILES string of the molecule is COC(=O)c1cc(NC(=O)CC2CSCCN2)cc(C(=O)OC)c1. The Kier molecular flexibility index (Phi) is 6.62. The minimum atomic E-state index is -0.596. The molecule has 1 unspecified atom stereocenters. The van der Waals surface area contributed by atoms with Crippen molar-refractivity contribution in [1.82, 2.24) is 5.32 Å². The van der Waals surface area contributed by atoms with Crippen molar-refractivity contribution in [3.8, 4) is 0 Å². The molecule has 1 aromatic rings. The molecule has 1 fully saturated rings. The Morgan fingerprint density at radius 2 is 1.79 bits per heavy atom. The van der Waals surface area contributed by atoms with Gasteiger partial charge in [0.1, 0.15) is 0 Å². The Balaban J connectivity index is 2.13. The van der Waals surface area contributed by atoms with Gasteiger partial charge in [-0.1, -0.05) is 0 Å². The van der Waals surface area contributed by atoms with Crippen LogP contribution in [0, 0.1) is 0 Å². The Labute approximate surface area is 144 Å². The topological polar surface area (TPSA) is 93.7 Å². The first kappa shape index (κ1) is 18.3. The molecule has 1 aromatic carbocycles. The maximum absolute atomic E-state index is 12.2. The summed E-state index contributed by atoms with van der Waals surface area (Å²) in [5.74, 6) is 0.543. The second-order valence-electron chi connectivity index (χ2n) is 5.26. The molecule has 0 bridgehead atoms. The third-order valence-corrected chi connectivity index (χ3v) is 4.62. The molecule has 0 radical (unpaired) electrons. The van der Waals surface area contributed by atoms with Crippen LogP contribution in [0.2, 0.25) is 0 Å². The predicted molar refractivity (Wildman–Crippen MR) is 91.5 cm³/mol. The average Bonchev–Trinajstić information content (AvgIpc) is 2.60. The van der Waals surface area contributed by atoms with Gasteiger partial charge >= 0.3 is 11.9 Å².